The molecule has 0 spiro atoms. The van der Waals surface area contributed by atoms with Crippen molar-refractivity contribution in [2.45, 2.75) is 32.6 Å². The molecule has 0 fully saturated rings. The summed E-state index contributed by atoms with van der Waals surface area (Å²) in [6.07, 6.45) is 8.79. The van der Waals surface area contributed by atoms with Gasteiger partial charge in [-0.25, -0.2) is 0 Å². The molecule has 19 heavy (non-hydrogen) atoms. The summed E-state index contributed by atoms with van der Waals surface area (Å²) in [4.78, 5) is 11.8. The zero-order valence-corrected chi connectivity index (χ0v) is 11.4. The summed E-state index contributed by atoms with van der Waals surface area (Å²) in [6, 6.07) is 7.20. The number of ether oxygens (including phenoxy) is 1. The number of amides is 1. The third-order valence-electron chi connectivity index (χ3n) is 2.67. The SMILES string of the molecule is C#CCCCNC(=O)c1ccc(OCCCC)cc1. The number of benzene rings is 1. The van der Waals surface area contributed by atoms with Gasteiger partial charge in [0.1, 0.15) is 5.75 Å². The molecule has 0 saturated carbocycles. The fourth-order valence-electron chi connectivity index (χ4n) is 1.53. The predicted molar refractivity (Wildman–Crippen MR) is 77.2 cm³/mol. The number of unbranched alkanes of at least 4 members (excludes halogenated alkanes) is 2. The van der Waals surface area contributed by atoms with Crippen LogP contribution in [0.3, 0.4) is 0 Å². The van der Waals surface area contributed by atoms with Crippen LogP contribution in [-0.4, -0.2) is 19.1 Å². The van der Waals surface area contributed by atoms with E-state index in [4.69, 9.17) is 11.2 Å². The van der Waals surface area contributed by atoms with Gasteiger partial charge in [-0.2, -0.15) is 0 Å². The smallest absolute Gasteiger partial charge is 0.251 e. The minimum atomic E-state index is -0.0721. The lowest BCUT2D eigenvalue weighted by Crippen LogP contribution is -2.24. The summed E-state index contributed by atoms with van der Waals surface area (Å²) < 4.78 is 5.54. The van der Waals surface area contributed by atoms with Crippen molar-refractivity contribution < 1.29 is 9.53 Å². The molecule has 1 aromatic rings. The van der Waals surface area contributed by atoms with E-state index < -0.39 is 0 Å². The largest absolute Gasteiger partial charge is 0.494 e. The van der Waals surface area contributed by atoms with Crippen LogP contribution in [0.15, 0.2) is 24.3 Å². The second-order valence-corrected chi connectivity index (χ2v) is 4.29. The van der Waals surface area contributed by atoms with E-state index in [-0.39, 0.29) is 5.91 Å². The lowest BCUT2D eigenvalue weighted by Gasteiger charge is -2.07. The monoisotopic (exact) mass is 259 g/mol. The molecule has 102 valence electrons. The molecule has 3 heteroatoms. The fraction of sp³-hybridized carbons (Fsp3) is 0.438. The van der Waals surface area contributed by atoms with E-state index in [2.05, 4.69) is 18.2 Å². The summed E-state index contributed by atoms with van der Waals surface area (Å²) in [5, 5.41) is 2.83. The molecule has 1 N–H and O–H groups in total. The average Bonchev–Trinajstić information content (AvgIpc) is 2.44. The molecule has 0 bridgehead atoms. The summed E-state index contributed by atoms with van der Waals surface area (Å²) in [6.45, 7) is 3.45. The van der Waals surface area contributed by atoms with Crippen LogP contribution < -0.4 is 10.1 Å². The van der Waals surface area contributed by atoms with Gasteiger partial charge in [-0.05, 0) is 37.1 Å². The molecule has 0 aromatic heterocycles. The predicted octanol–water partition coefficient (Wildman–Crippen LogP) is 3.01. The Labute approximate surface area is 115 Å². The molecule has 0 atom stereocenters. The molecule has 0 aliphatic heterocycles. The molecule has 1 aromatic carbocycles. The molecule has 0 heterocycles. The van der Waals surface area contributed by atoms with E-state index in [1.165, 1.54) is 0 Å². The van der Waals surface area contributed by atoms with Crippen LogP contribution in [0.5, 0.6) is 5.75 Å². The van der Waals surface area contributed by atoms with Crippen molar-refractivity contribution in [1.82, 2.24) is 5.32 Å². The molecular weight excluding hydrogens is 238 g/mol. The Hall–Kier alpha value is -1.95. The van der Waals surface area contributed by atoms with Crippen LogP contribution in [0.1, 0.15) is 43.0 Å². The number of nitrogens with one attached hydrogen (secondary N) is 1. The summed E-state index contributed by atoms with van der Waals surface area (Å²) in [5.41, 5.74) is 0.642. The minimum Gasteiger partial charge on any atom is -0.494 e. The first-order valence-corrected chi connectivity index (χ1v) is 6.72. The Morgan fingerprint density at radius 2 is 2.05 bits per heavy atom. The van der Waals surface area contributed by atoms with Gasteiger partial charge >= 0.3 is 0 Å². The Kier molecular flexibility index (Phi) is 7.19. The van der Waals surface area contributed by atoms with E-state index >= 15 is 0 Å². The van der Waals surface area contributed by atoms with E-state index in [1.807, 2.05) is 12.1 Å². The maximum Gasteiger partial charge on any atom is 0.251 e. The third kappa shape index (κ3) is 5.96. The summed E-state index contributed by atoms with van der Waals surface area (Å²) in [7, 11) is 0. The molecule has 1 rings (SSSR count). The Bertz CT molecular complexity index is 417. The quantitative estimate of drug-likeness (QED) is 0.575. The van der Waals surface area contributed by atoms with Gasteiger partial charge in [0.2, 0.25) is 0 Å². The highest BCUT2D eigenvalue weighted by molar-refractivity contribution is 5.94. The third-order valence-corrected chi connectivity index (χ3v) is 2.67. The average molecular weight is 259 g/mol. The van der Waals surface area contributed by atoms with Gasteiger partial charge in [0, 0.05) is 18.5 Å². The highest BCUT2D eigenvalue weighted by Crippen LogP contribution is 2.12. The first kappa shape index (κ1) is 15.1. The van der Waals surface area contributed by atoms with Crippen LogP contribution in [0, 0.1) is 12.3 Å². The van der Waals surface area contributed by atoms with E-state index in [0.29, 0.717) is 25.1 Å². The van der Waals surface area contributed by atoms with Crippen LogP contribution in [-0.2, 0) is 0 Å². The fourth-order valence-corrected chi connectivity index (χ4v) is 1.53. The minimum absolute atomic E-state index is 0.0721. The molecule has 0 aliphatic carbocycles. The van der Waals surface area contributed by atoms with Crippen molar-refractivity contribution >= 4 is 5.91 Å². The van der Waals surface area contributed by atoms with Crippen LogP contribution in [0.4, 0.5) is 0 Å². The highest BCUT2D eigenvalue weighted by atomic mass is 16.5. The maximum atomic E-state index is 11.8. The van der Waals surface area contributed by atoms with Gasteiger partial charge in [0.15, 0.2) is 0 Å². The van der Waals surface area contributed by atoms with Crippen molar-refractivity contribution in [3.8, 4) is 18.1 Å². The van der Waals surface area contributed by atoms with Crippen molar-refractivity contribution in [3.63, 3.8) is 0 Å². The van der Waals surface area contributed by atoms with Crippen molar-refractivity contribution in [1.29, 1.82) is 0 Å². The number of rotatable bonds is 8. The molecule has 3 nitrogen and oxygen atoms in total. The van der Waals surface area contributed by atoms with E-state index in [1.54, 1.807) is 12.1 Å². The topological polar surface area (TPSA) is 38.3 Å². The number of carbonyl (C=O) groups excluding carboxylic acids is 1. The molecule has 1 amide bonds. The second-order valence-electron chi connectivity index (χ2n) is 4.29. The first-order chi connectivity index (χ1) is 9.27. The molecule has 0 unspecified atom stereocenters. The number of hydrogen-bond donors (Lipinski definition) is 1. The molecule has 0 aliphatic rings. The second kappa shape index (κ2) is 9.04. The van der Waals surface area contributed by atoms with Crippen LogP contribution >= 0.6 is 0 Å². The van der Waals surface area contributed by atoms with Gasteiger partial charge in [-0.1, -0.05) is 13.3 Å². The van der Waals surface area contributed by atoms with Gasteiger partial charge in [-0.15, -0.1) is 12.3 Å². The number of carbonyl (C=O) groups is 1. The normalized spacial score (nSPS) is 9.68. The first-order valence-electron chi connectivity index (χ1n) is 6.72. The van der Waals surface area contributed by atoms with Crippen molar-refractivity contribution in [3.05, 3.63) is 29.8 Å². The van der Waals surface area contributed by atoms with Gasteiger partial charge in [0.25, 0.3) is 5.91 Å². The zero-order valence-electron chi connectivity index (χ0n) is 11.4. The van der Waals surface area contributed by atoms with Crippen LogP contribution in [0.2, 0.25) is 0 Å². The summed E-state index contributed by atoms with van der Waals surface area (Å²) in [5.74, 6) is 3.28. The van der Waals surface area contributed by atoms with E-state index in [9.17, 15) is 4.79 Å². The Balaban J connectivity index is 2.38. The van der Waals surface area contributed by atoms with Gasteiger partial charge in [0.05, 0.1) is 6.61 Å². The Morgan fingerprint density at radius 1 is 1.32 bits per heavy atom. The number of hydrogen-bond acceptors (Lipinski definition) is 2. The number of terminal acetylenes is 1. The highest BCUT2D eigenvalue weighted by Gasteiger charge is 2.04. The van der Waals surface area contributed by atoms with E-state index in [0.717, 1.165) is 25.0 Å². The van der Waals surface area contributed by atoms with Crippen LogP contribution in [0.25, 0.3) is 0 Å². The molecule has 0 saturated heterocycles. The Morgan fingerprint density at radius 3 is 2.68 bits per heavy atom. The van der Waals surface area contributed by atoms with Crippen molar-refractivity contribution in [2.75, 3.05) is 13.2 Å². The molecule has 0 radical (unpaired) electrons. The lowest BCUT2D eigenvalue weighted by molar-refractivity contribution is 0.0953. The van der Waals surface area contributed by atoms with Crippen molar-refractivity contribution in [2.24, 2.45) is 0 Å². The summed E-state index contributed by atoms with van der Waals surface area (Å²) >= 11 is 0. The standard InChI is InChI=1S/C16H21NO2/c1-3-5-7-12-17-16(18)14-8-10-15(11-9-14)19-13-6-4-2/h1,8-11H,4-7,12-13H2,2H3,(H,17,18). The zero-order chi connectivity index (χ0) is 13.9. The lowest BCUT2D eigenvalue weighted by atomic mass is 10.2. The molecular formula is C16H21NO2. The van der Waals surface area contributed by atoms with Gasteiger partial charge < -0.3 is 10.1 Å². The maximum absolute atomic E-state index is 11.8. The van der Waals surface area contributed by atoms with Gasteiger partial charge in [-0.3, -0.25) is 4.79 Å².